The van der Waals surface area contributed by atoms with Crippen molar-refractivity contribution in [1.82, 2.24) is 9.80 Å². The first-order valence-electron chi connectivity index (χ1n) is 8.63. The molecule has 4 heteroatoms. The van der Waals surface area contributed by atoms with E-state index in [-0.39, 0.29) is 12.0 Å². The van der Waals surface area contributed by atoms with Crippen molar-refractivity contribution in [2.24, 2.45) is 11.8 Å². The van der Waals surface area contributed by atoms with Crippen LogP contribution in [-0.4, -0.2) is 59.6 Å². The Morgan fingerprint density at radius 3 is 2.43 bits per heavy atom. The van der Waals surface area contributed by atoms with Crippen LogP contribution < -0.4 is 0 Å². The Morgan fingerprint density at radius 1 is 1.19 bits per heavy atom. The van der Waals surface area contributed by atoms with Gasteiger partial charge in [-0.25, -0.2) is 0 Å². The van der Waals surface area contributed by atoms with Gasteiger partial charge < -0.3 is 10.0 Å². The number of carbonyl (C=O) groups is 1. The molecule has 0 radical (unpaired) electrons. The number of carbonyl (C=O) groups excluding carboxylic acids is 1. The zero-order chi connectivity index (χ0) is 15.4. The highest BCUT2D eigenvalue weighted by molar-refractivity contribution is 5.79. The molecule has 2 unspecified atom stereocenters. The number of nitrogens with zero attached hydrogens (tertiary/aromatic N) is 2. The zero-order valence-electron chi connectivity index (χ0n) is 13.9. The number of aliphatic hydroxyl groups excluding tert-OH is 1. The van der Waals surface area contributed by atoms with Crippen LogP contribution in [0.1, 0.15) is 52.4 Å². The van der Waals surface area contributed by atoms with Crippen LogP contribution >= 0.6 is 0 Å². The Balaban J connectivity index is 1.79. The third-order valence-corrected chi connectivity index (χ3v) is 4.69. The van der Waals surface area contributed by atoms with E-state index < -0.39 is 0 Å². The predicted octanol–water partition coefficient (Wildman–Crippen LogP) is 2.12. The monoisotopic (exact) mass is 296 g/mol. The van der Waals surface area contributed by atoms with Crippen LogP contribution in [0.2, 0.25) is 0 Å². The first-order valence-corrected chi connectivity index (χ1v) is 8.63. The van der Waals surface area contributed by atoms with Gasteiger partial charge in [-0.3, -0.25) is 9.69 Å². The fraction of sp³-hybridized carbons (Fsp3) is 0.941. The second kappa shape index (κ2) is 7.59. The Labute approximate surface area is 129 Å². The minimum atomic E-state index is -0.175. The molecule has 0 bridgehead atoms. The number of rotatable bonds is 7. The van der Waals surface area contributed by atoms with Crippen LogP contribution in [0.3, 0.4) is 0 Å². The van der Waals surface area contributed by atoms with Gasteiger partial charge in [-0.05, 0) is 44.6 Å². The first kappa shape index (κ1) is 16.8. The summed E-state index contributed by atoms with van der Waals surface area (Å²) < 4.78 is 0. The largest absolute Gasteiger partial charge is 0.393 e. The van der Waals surface area contributed by atoms with Crippen LogP contribution in [-0.2, 0) is 4.79 Å². The number of aliphatic hydroxyl groups is 1. The number of likely N-dealkylation sites (N-methyl/N-ethyl adjacent to an activating group) is 1. The van der Waals surface area contributed by atoms with Crippen LogP contribution in [0.4, 0.5) is 0 Å². The van der Waals surface area contributed by atoms with E-state index in [0.29, 0.717) is 24.4 Å². The lowest BCUT2D eigenvalue weighted by atomic mass is 9.86. The zero-order valence-corrected chi connectivity index (χ0v) is 13.9. The van der Waals surface area contributed by atoms with Gasteiger partial charge in [0.25, 0.3) is 0 Å². The highest BCUT2D eigenvalue weighted by Gasteiger charge is 2.33. The lowest BCUT2D eigenvalue weighted by Crippen LogP contribution is -2.44. The van der Waals surface area contributed by atoms with Crippen LogP contribution in [0, 0.1) is 11.8 Å². The topological polar surface area (TPSA) is 43.8 Å². The molecule has 2 saturated carbocycles. The second-order valence-corrected chi connectivity index (χ2v) is 7.48. The fourth-order valence-corrected chi connectivity index (χ4v) is 3.42. The van der Waals surface area contributed by atoms with E-state index in [1.807, 2.05) is 7.05 Å². The van der Waals surface area contributed by atoms with E-state index >= 15 is 0 Å². The quantitative estimate of drug-likeness (QED) is 0.782. The highest BCUT2D eigenvalue weighted by Crippen LogP contribution is 2.28. The molecule has 1 amide bonds. The Bertz CT molecular complexity index is 342. The molecule has 0 aromatic heterocycles. The van der Waals surface area contributed by atoms with Crippen molar-refractivity contribution in [2.75, 3.05) is 26.7 Å². The normalized spacial score (nSPS) is 26.4. The minimum absolute atomic E-state index is 0.175. The predicted molar refractivity (Wildman–Crippen MR) is 85.0 cm³/mol. The van der Waals surface area contributed by atoms with Crippen molar-refractivity contribution in [2.45, 2.75) is 64.5 Å². The van der Waals surface area contributed by atoms with E-state index in [1.54, 1.807) is 0 Å². The molecule has 4 nitrogen and oxygen atoms in total. The molecular formula is C17H32N2O2. The maximum atomic E-state index is 12.5. The molecule has 1 N–H and O–H groups in total. The molecule has 0 aromatic rings. The van der Waals surface area contributed by atoms with E-state index in [0.717, 1.165) is 32.4 Å². The lowest BCUT2D eigenvalue weighted by Gasteiger charge is -2.32. The summed E-state index contributed by atoms with van der Waals surface area (Å²) in [6.07, 6.45) is 6.54. The average Bonchev–Trinajstić information content (AvgIpc) is 3.22. The second-order valence-electron chi connectivity index (χ2n) is 7.48. The van der Waals surface area contributed by atoms with Crippen molar-refractivity contribution in [3.05, 3.63) is 0 Å². The summed E-state index contributed by atoms with van der Waals surface area (Å²) in [7, 11) is 2.01. The molecule has 0 aliphatic heterocycles. The average molecular weight is 296 g/mol. The van der Waals surface area contributed by atoms with Gasteiger partial charge in [0.1, 0.15) is 0 Å². The van der Waals surface area contributed by atoms with Gasteiger partial charge in [0, 0.05) is 19.1 Å². The summed E-state index contributed by atoms with van der Waals surface area (Å²) in [6.45, 7) is 6.55. The number of hydrogen-bond acceptors (Lipinski definition) is 3. The molecule has 21 heavy (non-hydrogen) atoms. The smallest absolute Gasteiger partial charge is 0.236 e. The number of amides is 1. The van der Waals surface area contributed by atoms with E-state index in [9.17, 15) is 9.90 Å². The third-order valence-electron chi connectivity index (χ3n) is 4.69. The minimum Gasteiger partial charge on any atom is -0.393 e. The Kier molecular flexibility index (Phi) is 6.06. The van der Waals surface area contributed by atoms with Crippen molar-refractivity contribution in [3.63, 3.8) is 0 Å². The van der Waals surface area contributed by atoms with Crippen LogP contribution in [0.15, 0.2) is 0 Å². The molecule has 2 atom stereocenters. The molecule has 0 spiro atoms. The fourth-order valence-electron chi connectivity index (χ4n) is 3.42. The van der Waals surface area contributed by atoms with Crippen molar-refractivity contribution in [3.8, 4) is 0 Å². The molecule has 0 heterocycles. The van der Waals surface area contributed by atoms with Crippen molar-refractivity contribution < 1.29 is 9.90 Å². The van der Waals surface area contributed by atoms with Gasteiger partial charge in [-0.2, -0.15) is 0 Å². The first-order chi connectivity index (χ1) is 9.97. The highest BCUT2D eigenvalue weighted by atomic mass is 16.3. The summed E-state index contributed by atoms with van der Waals surface area (Å²) in [4.78, 5) is 16.7. The van der Waals surface area contributed by atoms with E-state index in [2.05, 4.69) is 23.6 Å². The third kappa shape index (κ3) is 5.26. The molecular weight excluding hydrogens is 264 g/mol. The van der Waals surface area contributed by atoms with E-state index in [1.165, 1.54) is 19.3 Å². The van der Waals surface area contributed by atoms with Gasteiger partial charge in [0.2, 0.25) is 5.91 Å². The summed E-state index contributed by atoms with van der Waals surface area (Å²) >= 11 is 0. The SMILES string of the molecule is CC(C)CN(C(=O)CN(C)CC1CCCCC1O)C1CC1. The van der Waals surface area contributed by atoms with Gasteiger partial charge in [0.15, 0.2) is 0 Å². The van der Waals surface area contributed by atoms with Gasteiger partial charge >= 0.3 is 0 Å². The molecule has 0 aromatic carbocycles. The van der Waals surface area contributed by atoms with Gasteiger partial charge in [0.05, 0.1) is 12.6 Å². The van der Waals surface area contributed by atoms with Crippen molar-refractivity contribution >= 4 is 5.91 Å². The molecule has 2 aliphatic rings. The van der Waals surface area contributed by atoms with Crippen LogP contribution in [0.5, 0.6) is 0 Å². The maximum absolute atomic E-state index is 12.5. The lowest BCUT2D eigenvalue weighted by molar-refractivity contribution is -0.133. The maximum Gasteiger partial charge on any atom is 0.236 e. The molecule has 2 rings (SSSR count). The standard InChI is InChI=1S/C17H32N2O2/c1-13(2)10-19(15-8-9-15)17(21)12-18(3)11-14-6-4-5-7-16(14)20/h13-16,20H,4-12H2,1-3H3. The van der Waals surface area contributed by atoms with Crippen LogP contribution in [0.25, 0.3) is 0 Å². The summed E-state index contributed by atoms with van der Waals surface area (Å²) in [5.74, 6) is 1.13. The molecule has 0 saturated heterocycles. The Morgan fingerprint density at radius 2 is 1.86 bits per heavy atom. The molecule has 2 fully saturated rings. The molecule has 2 aliphatic carbocycles. The van der Waals surface area contributed by atoms with E-state index in [4.69, 9.17) is 0 Å². The summed E-state index contributed by atoms with van der Waals surface area (Å²) in [5.41, 5.74) is 0. The van der Waals surface area contributed by atoms with Gasteiger partial charge in [-0.1, -0.05) is 26.7 Å². The summed E-state index contributed by atoms with van der Waals surface area (Å²) in [6, 6.07) is 0.494. The Hall–Kier alpha value is -0.610. The molecule has 122 valence electrons. The number of hydrogen-bond donors (Lipinski definition) is 1. The van der Waals surface area contributed by atoms with Crippen molar-refractivity contribution in [1.29, 1.82) is 0 Å². The summed E-state index contributed by atoms with van der Waals surface area (Å²) in [5, 5.41) is 10.1. The van der Waals surface area contributed by atoms with Gasteiger partial charge in [-0.15, -0.1) is 0 Å².